The second-order valence-electron chi connectivity index (χ2n) is 4.14. The summed E-state index contributed by atoms with van der Waals surface area (Å²) in [5.41, 5.74) is 0.769. The molecule has 0 bridgehead atoms. The second kappa shape index (κ2) is 5.77. The first-order valence-corrected chi connectivity index (χ1v) is 6.71. The highest BCUT2D eigenvalue weighted by atomic mass is 79.9. The maximum absolute atomic E-state index is 6.19. The number of nitrogens with one attached hydrogen (secondary N) is 1. The van der Waals surface area contributed by atoms with Crippen LogP contribution in [0.4, 0.5) is 0 Å². The van der Waals surface area contributed by atoms with E-state index in [1.807, 2.05) is 18.2 Å². The topological polar surface area (TPSA) is 55.6 Å². The van der Waals surface area contributed by atoms with Crippen LogP contribution in [-0.2, 0) is 6.54 Å². The van der Waals surface area contributed by atoms with Gasteiger partial charge in [-0.2, -0.15) is 4.68 Å². The van der Waals surface area contributed by atoms with Crippen molar-refractivity contribution in [3.8, 4) is 5.69 Å². The third-order valence-electron chi connectivity index (χ3n) is 2.34. The van der Waals surface area contributed by atoms with Crippen LogP contribution in [-0.4, -0.2) is 26.2 Å². The molecule has 96 valence electrons. The molecule has 0 atom stereocenters. The molecule has 1 aromatic heterocycles. The van der Waals surface area contributed by atoms with Gasteiger partial charge in [0.25, 0.3) is 0 Å². The normalized spacial score (nSPS) is 11.2. The summed E-state index contributed by atoms with van der Waals surface area (Å²) in [6.45, 7) is 4.73. The summed E-state index contributed by atoms with van der Waals surface area (Å²) in [5, 5.41) is 15.5. The predicted molar refractivity (Wildman–Crippen MR) is 73.8 cm³/mol. The largest absolute Gasteiger partial charge is 0.308 e. The Balaban J connectivity index is 2.30. The number of hydrogen-bond acceptors (Lipinski definition) is 4. The van der Waals surface area contributed by atoms with Crippen LogP contribution in [0.2, 0.25) is 5.02 Å². The Kier molecular flexibility index (Phi) is 4.31. The molecule has 0 amide bonds. The molecule has 7 heteroatoms. The monoisotopic (exact) mass is 329 g/mol. The van der Waals surface area contributed by atoms with Gasteiger partial charge in [0, 0.05) is 10.5 Å². The zero-order valence-electron chi connectivity index (χ0n) is 10.1. The Morgan fingerprint density at radius 3 is 2.89 bits per heavy atom. The van der Waals surface area contributed by atoms with E-state index >= 15 is 0 Å². The molecule has 2 rings (SSSR count). The Morgan fingerprint density at radius 1 is 1.44 bits per heavy atom. The summed E-state index contributed by atoms with van der Waals surface area (Å²) < 4.78 is 2.57. The van der Waals surface area contributed by atoms with Crippen molar-refractivity contribution in [3.63, 3.8) is 0 Å². The Hall–Kier alpha value is -0.980. The summed E-state index contributed by atoms with van der Waals surface area (Å²) in [6.07, 6.45) is 0. The van der Waals surface area contributed by atoms with E-state index in [4.69, 9.17) is 11.6 Å². The first kappa shape index (κ1) is 13.5. The molecular formula is C11H13BrClN5. The van der Waals surface area contributed by atoms with Crippen molar-refractivity contribution >= 4 is 27.5 Å². The summed E-state index contributed by atoms with van der Waals surface area (Å²) >= 11 is 9.56. The van der Waals surface area contributed by atoms with E-state index in [0.29, 0.717) is 17.6 Å². The van der Waals surface area contributed by atoms with Crippen molar-refractivity contribution in [2.75, 3.05) is 0 Å². The average Bonchev–Trinajstić information content (AvgIpc) is 2.74. The van der Waals surface area contributed by atoms with Crippen LogP contribution in [0.5, 0.6) is 0 Å². The molecule has 2 aromatic rings. The van der Waals surface area contributed by atoms with E-state index in [1.165, 1.54) is 0 Å². The van der Waals surface area contributed by atoms with E-state index in [-0.39, 0.29) is 0 Å². The fourth-order valence-corrected chi connectivity index (χ4v) is 2.20. The summed E-state index contributed by atoms with van der Waals surface area (Å²) in [5.74, 6) is 0.730. The van der Waals surface area contributed by atoms with Gasteiger partial charge >= 0.3 is 0 Å². The van der Waals surface area contributed by atoms with Crippen molar-refractivity contribution in [1.29, 1.82) is 0 Å². The number of nitrogens with zero attached hydrogens (tertiary/aromatic N) is 4. The second-order valence-corrected chi connectivity index (χ2v) is 5.46. The first-order chi connectivity index (χ1) is 8.58. The van der Waals surface area contributed by atoms with Gasteiger partial charge in [0.15, 0.2) is 5.82 Å². The molecule has 0 radical (unpaired) electrons. The first-order valence-electron chi connectivity index (χ1n) is 5.54. The number of hydrogen-bond donors (Lipinski definition) is 1. The van der Waals surface area contributed by atoms with Crippen LogP contribution >= 0.6 is 27.5 Å². The molecular weight excluding hydrogens is 318 g/mol. The predicted octanol–water partition coefficient (Wildman–Crippen LogP) is 2.58. The van der Waals surface area contributed by atoms with Crippen molar-refractivity contribution < 1.29 is 0 Å². The van der Waals surface area contributed by atoms with Gasteiger partial charge < -0.3 is 5.32 Å². The number of halogens is 2. The van der Waals surface area contributed by atoms with Crippen LogP contribution in [0, 0.1) is 0 Å². The smallest absolute Gasteiger partial charge is 0.170 e. The fourth-order valence-electron chi connectivity index (χ4n) is 1.45. The quantitative estimate of drug-likeness (QED) is 0.936. The van der Waals surface area contributed by atoms with E-state index in [1.54, 1.807) is 4.68 Å². The molecule has 5 nitrogen and oxygen atoms in total. The molecule has 0 saturated carbocycles. The molecule has 0 saturated heterocycles. The fraction of sp³-hybridized carbons (Fsp3) is 0.364. The van der Waals surface area contributed by atoms with Gasteiger partial charge in [0.1, 0.15) is 0 Å². The van der Waals surface area contributed by atoms with Crippen LogP contribution in [0.1, 0.15) is 19.7 Å². The van der Waals surface area contributed by atoms with Crippen molar-refractivity contribution in [3.05, 3.63) is 33.5 Å². The molecule has 18 heavy (non-hydrogen) atoms. The Morgan fingerprint density at radius 2 is 2.22 bits per heavy atom. The summed E-state index contributed by atoms with van der Waals surface area (Å²) in [6, 6.07) is 5.97. The van der Waals surface area contributed by atoms with Gasteiger partial charge in [0.05, 0.1) is 17.3 Å². The minimum atomic E-state index is 0.371. The van der Waals surface area contributed by atoms with Crippen molar-refractivity contribution in [1.82, 2.24) is 25.5 Å². The highest BCUT2D eigenvalue weighted by Gasteiger charge is 2.11. The van der Waals surface area contributed by atoms with Crippen LogP contribution < -0.4 is 5.32 Å². The molecule has 1 heterocycles. The van der Waals surface area contributed by atoms with Crippen molar-refractivity contribution in [2.45, 2.75) is 26.4 Å². The van der Waals surface area contributed by atoms with Crippen LogP contribution in [0.3, 0.4) is 0 Å². The maximum Gasteiger partial charge on any atom is 0.170 e. The summed E-state index contributed by atoms with van der Waals surface area (Å²) in [4.78, 5) is 0. The lowest BCUT2D eigenvalue weighted by Crippen LogP contribution is -2.24. The SMILES string of the molecule is CC(C)NCc1nnnn1-c1ccc(Br)cc1Cl. The molecule has 1 aromatic carbocycles. The molecule has 0 spiro atoms. The molecule has 0 aliphatic carbocycles. The van der Waals surface area contributed by atoms with Gasteiger partial charge in [-0.1, -0.05) is 41.4 Å². The van der Waals surface area contributed by atoms with Gasteiger partial charge in [0.2, 0.25) is 0 Å². The third kappa shape index (κ3) is 3.07. The van der Waals surface area contributed by atoms with Gasteiger partial charge in [-0.3, -0.25) is 0 Å². The van der Waals surface area contributed by atoms with E-state index in [0.717, 1.165) is 16.0 Å². The number of rotatable bonds is 4. The van der Waals surface area contributed by atoms with Gasteiger partial charge in [-0.25, -0.2) is 0 Å². The molecule has 0 fully saturated rings. The lowest BCUT2D eigenvalue weighted by Gasteiger charge is -2.09. The Bertz CT molecular complexity index is 540. The molecule has 0 unspecified atom stereocenters. The number of tetrazole rings is 1. The summed E-state index contributed by atoms with van der Waals surface area (Å²) in [7, 11) is 0. The van der Waals surface area contributed by atoms with Crippen LogP contribution in [0.25, 0.3) is 5.69 Å². The number of benzene rings is 1. The zero-order chi connectivity index (χ0) is 13.1. The van der Waals surface area contributed by atoms with Crippen molar-refractivity contribution in [2.24, 2.45) is 0 Å². The van der Waals surface area contributed by atoms with E-state index in [9.17, 15) is 0 Å². The van der Waals surface area contributed by atoms with Gasteiger partial charge in [-0.05, 0) is 28.6 Å². The molecule has 0 aliphatic heterocycles. The molecule has 0 aliphatic rings. The minimum absolute atomic E-state index is 0.371. The lowest BCUT2D eigenvalue weighted by molar-refractivity contribution is 0.563. The Labute approximate surface area is 119 Å². The standard InChI is InChI=1S/C11H13BrClN5/c1-7(2)14-6-11-15-16-17-18(11)10-4-3-8(12)5-9(10)13/h3-5,7,14H,6H2,1-2H3. The van der Waals surface area contributed by atoms with Crippen LogP contribution in [0.15, 0.2) is 22.7 Å². The highest BCUT2D eigenvalue weighted by molar-refractivity contribution is 9.10. The third-order valence-corrected chi connectivity index (χ3v) is 3.14. The van der Waals surface area contributed by atoms with E-state index in [2.05, 4.69) is 50.6 Å². The maximum atomic E-state index is 6.19. The molecule has 1 N–H and O–H groups in total. The average molecular weight is 331 g/mol. The zero-order valence-corrected chi connectivity index (χ0v) is 12.4. The number of aromatic nitrogens is 4. The highest BCUT2D eigenvalue weighted by Crippen LogP contribution is 2.24. The van der Waals surface area contributed by atoms with E-state index < -0.39 is 0 Å². The van der Waals surface area contributed by atoms with Gasteiger partial charge in [-0.15, -0.1) is 5.10 Å². The minimum Gasteiger partial charge on any atom is -0.308 e. The lowest BCUT2D eigenvalue weighted by atomic mass is 10.3.